The van der Waals surface area contributed by atoms with Crippen molar-refractivity contribution in [2.75, 3.05) is 37.0 Å². The highest BCUT2D eigenvalue weighted by Gasteiger charge is 2.34. The molecule has 1 aromatic heterocycles. The number of amides is 2. The maximum Gasteiger partial charge on any atom is 0.317 e. The number of carbonyl (C=O) groups is 1. The van der Waals surface area contributed by atoms with Gasteiger partial charge in [-0.15, -0.1) is 11.8 Å². The maximum absolute atomic E-state index is 12.2. The Hall–Kier alpha value is -1.32. The number of nitrogens with one attached hydrogen (secondary N) is 1. The van der Waals surface area contributed by atoms with Crippen LogP contribution in [0.25, 0.3) is 0 Å². The Morgan fingerprint density at radius 3 is 2.91 bits per heavy atom. The van der Waals surface area contributed by atoms with Crippen LogP contribution in [-0.2, 0) is 9.84 Å². The van der Waals surface area contributed by atoms with E-state index >= 15 is 0 Å². The van der Waals surface area contributed by atoms with Gasteiger partial charge in [0.25, 0.3) is 0 Å². The average molecular weight is 359 g/mol. The van der Waals surface area contributed by atoms with Gasteiger partial charge in [-0.3, -0.25) is 0 Å². The number of hydrogen-bond donors (Lipinski definition) is 2. The van der Waals surface area contributed by atoms with Crippen molar-refractivity contribution in [2.24, 2.45) is 0 Å². The second-order valence-corrected chi connectivity index (χ2v) is 8.57. The topological polar surface area (TPSA) is 99.6 Å². The van der Waals surface area contributed by atoms with Gasteiger partial charge in [0.1, 0.15) is 0 Å². The van der Waals surface area contributed by atoms with E-state index in [4.69, 9.17) is 5.11 Å². The van der Waals surface area contributed by atoms with Crippen molar-refractivity contribution in [3.05, 3.63) is 24.4 Å². The smallest absolute Gasteiger partial charge is 0.317 e. The Morgan fingerprint density at radius 1 is 1.48 bits per heavy atom. The molecule has 0 aromatic carbocycles. The summed E-state index contributed by atoms with van der Waals surface area (Å²) in [6, 6.07) is 4.96. The molecule has 1 fully saturated rings. The van der Waals surface area contributed by atoms with Gasteiger partial charge in [-0.05, 0) is 18.6 Å². The molecule has 0 saturated carbocycles. The minimum atomic E-state index is -3.07. The number of rotatable bonds is 7. The minimum Gasteiger partial charge on any atom is -0.395 e. The highest BCUT2D eigenvalue weighted by atomic mass is 32.2. The summed E-state index contributed by atoms with van der Waals surface area (Å²) in [5.74, 6) is 0.740. The Labute approximate surface area is 140 Å². The molecule has 1 atom stereocenters. The van der Waals surface area contributed by atoms with E-state index in [1.165, 1.54) is 16.7 Å². The summed E-state index contributed by atoms with van der Waals surface area (Å²) in [6.45, 7) is 0.396. The van der Waals surface area contributed by atoms with Gasteiger partial charge < -0.3 is 15.3 Å². The fourth-order valence-corrected chi connectivity index (χ4v) is 4.88. The molecule has 7 nitrogen and oxygen atoms in total. The number of pyridine rings is 1. The van der Waals surface area contributed by atoms with Crippen LogP contribution in [0, 0.1) is 0 Å². The lowest BCUT2D eigenvalue weighted by atomic mass is 10.2. The number of sulfone groups is 1. The molecule has 2 rings (SSSR count). The molecule has 0 aliphatic carbocycles. The Bertz CT molecular complexity index is 610. The van der Waals surface area contributed by atoms with Gasteiger partial charge >= 0.3 is 6.03 Å². The Morgan fingerprint density at radius 2 is 2.30 bits per heavy atom. The van der Waals surface area contributed by atoms with Gasteiger partial charge in [-0.1, -0.05) is 6.07 Å². The summed E-state index contributed by atoms with van der Waals surface area (Å²) < 4.78 is 23.1. The van der Waals surface area contributed by atoms with Crippen LogP contribution in [0.2, 0.25) is 0 Å². The molecule has 0 spiro atoms. The number of aliphatic hydroxyl groups is 1. The first-order valence-electron chi connectivity index (χ1n) is 7.41. The molecule has 1 aliphatic rings. The SMILES string of the molecule is O=C(NCCSc1ccccn1)N(CCO)C1CCS(=O)(=O)C1. The summed E-state index contributed by atoms with van der Waals surface area (Å²) in [5, 5.41) is 12.8. The molecule has 128 valence electrons. The van der Waals surface area contributed by atoms with Crippen LogP contribution in [0.5, 0.6) is 0 Å². The lowest BCUT2D eigenvalue weighted by Crippen LogP contribution is -2.48. The molecule has 2 amide bonds. The molecule has 1 unspecified atom stereocenters. The standard InChI is InChI=1S/C14H21N3O4S2/c18-8-7-17(12-4-10-23(20,21)11-12)14(19)16-6-9-22-13-3-1-2-5-15-13/h1-3,5,12,18H,4,6-11H2,(H,16,19). The van der Waals surface area contributed by atoms with Crippen LogP contribution in [-0.4, -0.2) is 72.4 Å². The number of aromatic nitrogens is 1. The quantitative estimate of drug-likeness (QED) is 0.539. The van der Waals surface area contributed by atoms with Gasteiger partial charge in [0, 0.05) is 31.1 Å². The van der Waals surface area contributed by atoms with E-state index in [0.29, 0.717) is 18.7 Å². The predicted octanol–water partition coefficient (Wildman–Crippen LogP) is 0.365. The number of thioether (sulfide) groups is 1. The van der Waals surface area contributed by atoms with Gasteiger partial charge in [0.2, 0.25) is 0 Å². The van der Waals surface area contributed by atoms with E-state index in [2.05, 4.69) is 10.3 Å². The van der Waals surface area contributed by atoms with Crippen molar-refractivity contribution in [3.8, 4) is 0 Å². The molecule has 1 aromatic rings. The van der Waals surface area contributed by atoms with Crippen molar-refractivity contribution in [2.45, 2.75) is 17.5 Å². The third kappa shape index (κ3) is 5.67. The maximum atomic E-state index is 12.2. The summed E-state index contributed by atoms with van der Waals surface area (Å²) >= 11 is 1.53. The predicted molar refractivity (Wildman–Crippen MR) is 89.2 cm³/mol. The van der Waals surface area contributed by atoms with Crippen LogP contribution in [0.15, 0.2) is 29.4 Å². The second-order valence-electron chi connectivity index (χ2n) is 5.22. The minimum absolute atomic E-state index is 0.0247. The average Bonchev–Trinajstić information content (AvgIpc) is 2.89. The zero-order valence-corrected chi connectivity index (χ0v) is 14.4. The highest BCUT2D eigenvalue weighted by Crippen LogP contribution is 2.18. The molecular formula is C14H21N3O4S2. The summed E-state index contributed by atoms with van der Waals surface area (Å²) in [6.07, 6.45) is 2.14. The molecule has 0 bridgehead atoms. The van der Waals surface area contributed by atoms with Crippen LogP contribution in [0.1, 0.15) is 6.42 Å². The number of carbonyl (C=O) groups excluding carboxylic acids is 1. The third-order valence-corrected chi connectivity index (χ3v) is 6.21. The lowest BCUT2D eigenvalue weighted by Gasteiger charge is -2.27. The number of hydrogen-bond acceptors (Lipinski definition) is 6. The summed E-state index contributed by atoms with van der Waals surface area (Å²) in [7, 11) is -3.07. The molecule has 9 heteroatoms. The zero-order valence-electron chi connectivity index (χ0n) is 12.7. The van der Waals surface area contributed by atoms with E-state index < -0.39 is 9.84 Å². The fourth-order valence-electron chi connectivity index (χ4n) is 2.43. The van der Waals surface area contributed by atoms with E-state index in [1.54, 1.807) is 6.20 Å². The number of aliphatic hydroxyl groups excluding tert-OH is 1. The first-order chi connectivity index (χ1) is 11.0. The summed E-state index contributed by atoms with van der Waals surface area (Å²) in [4.78, 5) is 17.8. The van der Waals surface area contributed by atoms with E-state index in [1.807, 2.05) is 18.2 Å². The van der Waals surface area contributed by atoms with Crippen molar-refractivity contribution in [1.29, 1.82) is 0 Å². The van der Waals surface area contributed by atoms with Gasteiger partial charge in [-0.25, -0.2) is 18.2 Å². The number of nitrogens with zero attached hydrogens (tertiary/aromatic N) is 2. The zero-order chi connectivity index (χ0) is 16.7. The largest absolute Gasteiger partial charge is 0.395 e. The van der Waals surface area contributed by atoms with E-state index in [0.717, 1.165) is 5.03 Å². The third-order valence-electron chi connectivity index (χ3n) is 3.52. The normalized spacial score (nSPS) is 19.4. The Kier molecular flexibility index (Phi) is 6.67. The molecule has 2 heterocycles. The fraction of sp³-hybridized carbons (Fsp3) is 0.571. The molecule has 2 N–H and O–H groups in total. The monoisotopic (exact) mass is 359 g/mol. The number of urea groups is 1. The van der Waals surface area contributed by atoms with Crippen molar-refractivity contribution in [1.82, 2.24) is 15.2 Å². The van der Waals surface area contributed by atoms with Gasteiger partial charge in [-0.2, -0.15) is 0 Å². The molecule has 1 saturated heterocycles. The highest BCUT2D eigenvalue weighted by molar-refractivity contribution is 7.99. The van der Waals surface area contributed by atoms with Crippen molar-refractivity contribution in [3.63, 3.8) is 0 Å². The van der Waals surface area contributed by atoms with Crippen LogP contribution < -0.4 is 5.32 Å². The van der Waals surface area contributed by atoms with Crippen molar-refractivity contribution >= 4 is 27.6 Å². The van der Waals surface area contributed by atoms with Crippen LogP contribution in [0.4, 0.5) is 4.79 Å². The lowest BCUT2D eigenvalue weighted by molar-refractivity contribution is 0.158. The van der Waals surface area contributed by atoms with Gasteiger partial charge in [0.15, 0.2) is 9.84 Å². The van der Waals surface area contributed by atoms with E-state index in [-0.39, 0.29) is 36.7 Å². The van der Waals surface area contributed by atoms with Crippen molar-refractivity contribution < 1.29 is 18.3 Å². The van der Waals surface area contributed by atoms with Gasteiger partial charge in [0.05, 0.1) is 23.1 Å². The molecule has 23 heavy (non-hydrogen) atoms. The molecule has 0 radical (unpaired) electrons. The second kappa shape index (κ2) is 8.51. The molecular weight excluding hydrogens is 338 g/mol. The first-order valence-corrected chi connectivity index (χ1v) is 10.2. The van der Waals surface area contributed by atoms with Crippen LogP contribution in [0.3, 0.4) is 0 Å². The van der Waals surface area contributed by atoms with E-state index in [9.17, 15) is 13.2 Å². The Balaban J connectivity index is 1.79. The molecule has 1 aliphatic heterocycles. The van der Waals surface area contributed by atoms with Crippen LogP contribution >= 0.6 is 11.8 Å². The first kappa shape index (κ1) is 18.0. The summed E-state index contributed by atoms with van der Waals surface area (Å²) in [5.41, 5.74) is 0.